The molecular weight excluding hydrogens is 305 g/mol. The standard InChI is InChI=1S/C17H13Cl2NO/c1-10-11(2)20-15-8-7-12(9-13(15)17(10)19)21-16-6-4-3-5-14(16)18/h3-9H,1-2H3. The number of aryl methyl sites for hydroxylation is 1. The van der Waals surface area contributed by atoms with Gasteiger partial charge >= 0.3 is 0 Å². The van der Waals surface area contributed by atoms with Crippen molar-refractivity contribution in [1.29, 1.82) is 0 Å². The van der Waals surface area contributed by atoms with Crippen LogP contribution < -0.4 is 4.74 Å². The Labute approximate surface area is 133 Å². The molecule has 0 unspecified atom stereocenters. The molecule has 106 valence electrons. The lowest BCUT2D eigenvalue weighted by atomic mass is 10.1. The predicted octanol–water partition coefficient (Wildman–Crippen LogP) is 5.95. The summed E-state index contributed by atoms with van der Waals surface area (Å²) < 4.78 is 5.82. The quantitative estimate of drug-likeness (QED) is 0.582. The molecule has 3 rings (SSSR count). The van der Waals surface area contributed by atoms with Crippen molar-refractivity contribution in [2.45, 2.75) is 13.8 Å². The van der Waals surface area contributed by atoms with Gasteiger partial charge in [0.15, 0.2) is 0 Å². The molecule has 21 heavy (non-hydrogen) atoms. The van der Waals surface area contributed by atoms with E-state index >= 15 is 0 Å². The Bertz CT molecular complexity index is 830. The first-order valence-electron chi connectivity index (χ1n) is 6.55. The molecule has 3 aromatic rings. The Morgan fingerprint density at radius 2 is 1.76 bits per heavy atom. The van der Waals surface area contributed by atoms with Gasteiger partial charge in [0, 0.05) is 11.1 Å². The highest BCUT2D eigenvalue weighted by molar-refractivity contribution is 6.36. The van der Waals surface area contributed by atoms with Gasteiger partial charge in [-0.15, -0.1) is 0 Å². The molecule has 0 saturated carbocycles. The van der Waals surface area contributed by atoms with Gasteiger partial charge in [-0.05, 0) is 49.7 Å². The Kier molecular flexibility index (Phi) is 3.75. The largest absolute Gasteiger partial charge is 0.456 e. The number of rotatable bonds is 2. The molecule has 4 heteroatoms. The van der Waals surface area contributed by atoms with Gasteiger partial charge in [0.05, 0.1) is 15.6 Å². The van der Waals surface area contributed by atoms with E-state index in [0.717, 1.165) is 22.2 Å². The molecule has 0 N–H and O–H groups in total. The fourth-order valence-corrected chi connectivity index (χ4v) is 2.59. The lowest BCUT2D eigenvalue weighted by molar-refractivity contribution is 0.483. The molecule has 0 aliphatic heterocycles. The number of fused-ring (bicyclic) bond motifs is 1. The van der Waals surface area contributed by atoms with Crippen molar-refractivity contribution < 1.29 is 4.74 Å². The minimum atomic E-state index is 0.571. The van der Waals surface area contributed by atoms with Crippen molar-refractivity contribution in [3.8, 4) is 11.5 Å². The van der Waals surface area contributed by atoms with Crippen LogP contribution in [-0.2, 0) is 0 Å². The van der Waals surface area contributed by atoms with Crippen LogP contribution in [0.3, 0.4) is 0 Å². The third-order valence-corrected chi connectivity index (χ3v) is 4.23. The minimum absolute atomic E-state index is 0.571. The van der Waals surface area contributed by atoms with Gasteiger partial charge in [0.2, 0.25) is 0 Å². The van der Waals surface area contributed by atoms with Crippen molar-refractivity contribution in [3.05, 3.63) is 63.8 Å². The Balaban J connectivity index is 2.07. The van der Waals surface area contributed by atoms with E-state index in [1.54, 1.807) is 6.07 Å². The van der Waals surface area contributed by atoms with E-state index in [9.17, 15) is 0 Å². The summed E-state index contributed by atoms with van der Waals surface area (Å²) in [7, 11) is 0. The zero-order chi connectivity index (χ0) is 15.0. The first kappa shape index (κ1) is 14.2. The second-order valence-corrected chi connectivity index (χ2v) is 5.63. The fourth-order valence-electron chi connectivity index (χ4n) is 2.13. The van der Waals surface area contributed by atoms with E-state index in [0.29, 0.717) is 21.5 Å². The van der Waals surface area contributed by atoms with Crippen molar-refractivity contribution in [2.75, 3.05) is 0 Å². The summed E-state index contributed by atoms with van der Waals surface area (Å²) in [5, 5.41) is 2.16. The van der Waals surface area contributed by atoms with Crippen LogP contribution in [0.15, 0.2) is 42.5 Å². The molecule has 2 aromatic carbocycles. The average Bonchev–Trinajstić information content (AvgIpc) is 2.48. The number of benzene rings is 2. The molecule has 1 heterocycles. The summed E-state index contributed by atoms with van der Waals surface area (Å²) in [4.78, 5) is 4.54. The molecule has 0 spiro atoms. The van der Waals surface area contributed by atoms with E-state index in [4.69, 9.17) is 27.9 Å². The minimum Gasteiger partial charge on any atom is -0.456 e. The van der Waals surface area contributed by atoms with Gasteiger partial charge in [-0.1, -0.05) is 35.3 Å². The summed E-state index contributed by atoms with van der Waals surface area (Å²) in [6.45, 7) is 3.92. The molecule has 0 atom stereocenters. The summed E-state index contributed by atoms with van der Waals surface area (Å²) in [6.07, 6.45) is 0. The maximum absolute atomic E-state index is 6.42. The van der Waals surface area contributed by atoms with Gasteiger partial charge in [-0.25, -0.2) is 0 Å². The van der Waals surface area contributed by atoms with Crippen LogP contribution >= 0.6 is 23.2 Å². The lowest BCUT2D eigenvalue weighted by Crippen LogP contribution is -1.92. The molecule has 0 aliphatic carbocycles. The van der Waals surface area contributed by atoms with Crippen molar-refractivity contribution in [2.24, 2.45) is 0 Å². The van der Waals surface area contributed by atoms with Crippen LogP contribution in [0.2, 0.25) is 10.0 Å². The van der Waals surface area contributed by atoms with Crippen LogP contribution in [0.1, 0.15) is 11.3 Å². The van der Waals surface area contributed by atoms with Crippen LogP contribution in [0.5, 0.6) is 11.5 Å². The van der Waals surface area contributed by atoms with Crippen LogP contribution in [0, 0.1) is 13.8 Å². The van der Waals surface area contributed by atoms with Crippen molar-refractivity contribution in [3.63, 3.8) is 0 Å². The lowest BCUT2D eigenvalue weighted by Gasteiger charge is -2.10. The van der Waals surface area contributed by atoms with E-state index in [1.165, 1.54) is 0 Å². The van der Waals surface area contributed by atoms with Gasteiger partial charge in [-0.3, -0.25) is 4.98 Å². The smallest absolute Gasteiger partial charge is 0.146 e. The monoisotopic (exact) mass is 317 g/mol. The average molecular weight is 318 g/mol. The number of para-hydroxylation sites is 1. The SMILES string of the molecule is Cc1nc2ccc(Oc3ccccc3Cl)cc2c(Cl)c1C. The van der Waals surface area contributed by atoms with Gasteiger partial charge < -0.3 is 4.74 Å². The molecule has 2 nitrogen and oxygen atoms in total. The first-order valence-corrected chi connectivity index (χ1v) is 7.30. The number of halogens is 2. The number of pyridine rings is 1. The van der Waals surface area contributed by atoms with Gasteiger partial charge in [0.1, 0.15) is 11.5 Å². The van der Waals surface area contributed by atoms with Gasteiger partial charge in [-0.2, -0.15) is 0 Å². The Hall–Kier alpha value is -1.77. The maximum atomic E-state index is 6.42. The summed E-state index contributed by atoms with van der Waals surface area (Å²) in [5.41, 5.74) is 2.78. The molecule has 0 saturated heterocycles. The third-order valence-electron chi connectivity index (χ3n) is 3.43. The number of hydrogen-bond acceptors (Lipinski definition) is 2. The van der Waals surface area contributed by atoms with E-state index < -0.39 is 0 Å². The number of ether oxygens (including phenoxy) is 1. The van der Waals surface area contributed by atoms with Crippen LogP contribution in [0.4, 0.5) is 0 Å². The molecule has 0 fully saturated rings. The summed E-state index contributed by atoms with van der Waals surface area (Å²) >= 11 is 12.5. The Morgan fingerprint density at radius 1 is 1.00 bits per heavy atom. The second kappa shape index (κ2) is 5.55. The first-order chi connectivity index (χ1) is 10.1. The van der Waals surface area contributed by atoms with E-state index in [-0.39, 0.29) is 0 Å². The van der Waals surface area contributed by atoms with Crippen molar-refractivity contribution in [1.82, 2.24) is 4.98 Å². The van der Waals surface area contributed by atoms with E-state index in [1.807, 2.05) is 50.2 Å². The van der Waals surface area contributed by atoms with Gasteiger partial charge in [0.25, 0.3) is 0 Å². The predicted molar refractivity (Wildman–Crippen MR) is 87.8 cm³/mol. The van der Waals surface area contributed by atoms with E-state index in [2.05, 4.69) is 4.98 Å². The number of nitrogens with zero attached hydrogens (tertiary/aromatic N) is 1. The molecule has 0 radical (unpaired) electrons. The summed E-state index contributed by atoms with van der Waals surface area (Å²) in [5.74, 6) is 1.30. The Morgan fingerprint density at radius 3 is 2.52 bits per heavy atom. The molecule has 1 aromatic heterocycles. The normalized spacial score (nSPS) is 10.9. The fraction of sp³-hybridized carbons (Fsp3) is 0.118. The second-order valence-electron chi connectivity index (χ2n) is 4.85. The molecular formula is C17H13Cl2NO. The third kappa shape index (κ3) is 2.69. The van der Waals surface area contributed by atoms with Crippen molar-refractivity contribution >= 4 is 34.1 Å². The number of aromatic nitrogens is 1. The highest BCUT2D eigenvalue weighted by Crippen LogP contribution is 2.33. The molecule has 0 amide bonds. The van der Waals surface area contributed by atoms with Crippen LogP contribution in [-0.4, -0.2) is 4.98 Å². The highest BCUT2D eigenvalue weighted by Gasteiger charge is 2.09. The number of hydrogen-bond donors (Lipinski definition) is 0. The van der Waals surface area contributed by atoms with Crippen LogP contribution in [0.25, 0.3) is 10.9 Å². The topological polar surface area (TPSA) is 22.1 Å². The summed E-state index contributed by atoms with van der Waals surface area (Å²) in [6, 6.07) is 13.0. The zero-order valence-electron chi connectivity index (χ0n) is 11.7. The maximum Gasteiger partial charge on any atom is 0.146 e. The molecule has 0 aliphatic rings. The zero-order valence-corrected chi connectivity index (χ0v) is 13.2. The highest BCUT2D eigenvalue weighted by atomic mass is 35.5. The molecule has 0 bridgehead atoms.